The number of nitrogens with zero attached hydrogens (tertiary/aromatic N) is 2. The Balaban J connectivity index is 2.28. The molecule has 80 valence electrons. The fraction of sp³-hybridized carbons (Fsp3) is 0.889. The third-order valence-corrected chi connectivity index (χ3v) is 7.05. The van der Waals surface area contributed by atoms with E-state index in [1.807, 2.05) is 0 Å². The van der Waals surface area contributed by atoms with Crippen molar-refractivity contribution in [2.75, 3.05) is 13.1 Å². The van der Waals surface area contributed by atoms with Gasteiger partial charge < -0.3 is 4.90 Å². The van der Waals surface area contributed by atoms with Crippen LogP contribution >= 0.6 is 47.8 Å². The number of aliphatic imine (C=N–C) groups is 1. The van der Waals surface area contributed by atoms with Gasteiger partial charge in [0.15, 0.2) is 3.36 Å². The van der Waals surface area contributed by atoms with E-state index in [0.29, 0.717) is 4.83 Å². The number of alkyl halides is 3. The Labute approximate surface area is 110 Å². The van der Waals surface area contributed by atoms with Crippen molar-refractivity contribution >= 4 is 53.6 Å². The van der Waals surface area contributed by atoms with E-state index in [4.69, 9.17) is 0 Å². The molecule has 2 nitrogen and oxygen atoms in total. The van der Waals surface area contributed by atoms with Crippen LogP contribution in [0.5, 0.6) is 0 Å². The zero-order valence-corrected chi connectivity index (χ0v) is 12.6. The molecule has 0 spiro atoms. The van der Waals surface area contributed by atoms with Crippen LogP contribution in [0.25, 0.3) is 0 Å². The van der Waals surface area contributed by atoms with Gasteiger partial charge >= 0.3 is 0 Å². The zero-order valence-electron chi connectivity index (χ0n) is 7.85. The molecule has 2 aliphatic rings. The molecule has 0 N–H and O–H groups in total. The van der Waals surface area contributed by atoms with E-state index in [2.05, 4.69) is 57.7 Å². The number of rotatable bonds is 0. The second-order valence-corrected chi connectivity index (χ2v) is 8.34. The summed E-state index contributed by atoms with van der Waals surface area (Å²) in [7, 11) is 0. The molecule has 0 aromatic heterocycles. The lowest BCUT2D eigenvalue weighted by atomic mass is 10.2. The van der Waals surface area contributed by atoms with E-state index in [1.165, 1.54) is 18.7 Å². The van der Waals surface area contributed by atoms with E-state index in [0.717, 1.165) is 25.9 Å². The maximum absolute atomic E-state index is 4.60. The summed E-state index contributed by atoms with van der Waals surface area (Å²) < 4.78 is -0.143. The van der Waals surface area contributed by atoms with Gasteiger partial charge in [0.25, 0.3) is 0 Å². The van der Waals surface area contributed by atoms with E-state index in [9.17, 15) is 0 Å². The van der Waals surface area contributed by atoms with E-state index in [-0.39, 0.29) is 3.36 Å². The maximum Gasteiger partial charge on any atom is 0.164 e. The molecule has 0 amide bonds. The second-order valence-electron chi connectivity index (χ2n) is 3.75. The van der Waals surface area contributed by atoms with Crippen LogP contribution in [0, 0.1) is 0 Å². The smallest absolute Gasteiger partial charge is 0.164 e. The fourth-order valence-electron chi connectivity index (χ4n) is 1.97. The monoisotopic (exact) mass is 386 g/mol. The Hall–Kier alpha value is 0.910. The van der Waals surface area contributed by atoms with Crippen LogP contribution in [0.1, 0.15) is 25.7 Å². The average Bonchev–Trinajstić information content (AvgIpc) is 2.27. The van der Waals surface area contributed by atoms with Gasteiger partial charge in [0, 0.05) is 19.5 Å². The van der Waals surface area contributed by atoms with Gasteiger partial charge in [0.1, 0.15) is 5.84 Å². The third kappa shape index (κ3) is 2.05. The van der Waals surface area contributed by atoms with Crippen molar-refractivity contribution in [2.24, 2.45) is 4.99 Å². The number of amidine groups is 1. The van der Waals surface area contributed by atoms with Crippen LogP contribution in [-0.2, 0) is 0 Å². The predicted molar refractivity (Wildman–Crippen MR) is 70.8 cm³/mol. The third-order valence-electron chi connectivity index (χ3n) is 2.74. The van der Waals surface area contributed by atoms with Crippen molar-refractivity contribution < 1.29 is 0 Å². The number of hydrogen-bond acceptors (Lipinski definition) is 2. The Morgan fingerprint density at radius 1 is 1.36 bits per heavy atom. The van der Waals surface area contributed by atoms with Crippen molar-refractivity contribution in [2.45, 2.75) is 33.9 Å². The summed E-state index contributed by atoms with van der Waals surface area (Å²) in [5.74, 6) is 1.26. The first-order valence-corrected chi connectivity index (χ1v) is 7.45. The summed E-state index contributed by atoms with van der Waals surface area (Å²) in [6.45, 7) is 2.09. The summed E-state index contributed by atoms with van der Waals surface area (Å²) in [6, 6.07) is 0. The minimum absolute atomic E-state index is 0.143. The van der Waals surface area contributed by atoms with Crippen LogP contribution in [0.4, 0.5) is 0 Å². The quantitative estimate of drug-likeness (QED) is 0.458. The molecule has 0 aromatic carbocycles. The second kappa shape index (κ2) is 4.42. The summed E-state index contributed by atoms with van der Waals surface area (Å²) in [5.41, 5.74) is 0. The Bertz CT molecular complexity index is 252. The maximum atomic E-state index is 4.60. The van der Waals surface area contributed by atoms with Gasteiger partial charge in [-0.25, -0.2) is 0 Å². The molecule has 1 fully saturated rings. The van der Waals surface area contributed by atoms with Gasteiger partial charge in [-0.2, -0.15) is 0 Å². The molecular formula is C9H13Br3N2. The van der Waals surface area contributed by atoms with Gasteiger partial charge in [-0.15, -0.1) is 0 Å². The molecule has 2 rings (SSSR count). The van der Waals surface area contributed by atoms with Crippen LogP contribution in [0.2, 0.25) is 0 Å². The van der Waals surface area contributed by atoms with Crippen molar-refractivity contribution in [3.8, 4) is 0 Å². The molecule has 1 atom stereocenters. The van der Waals surface area contributed by atoms with Gasteiger partial charge in [-0.1, -0.05) is 15.9 Å². The Kier molecular flexibility index (Phi) is 3.60. The van der Waals surface area contributed by atoms with E-state index >= 15 is 0 Å². The first-order valence-electron chi connectivity index (χ1n) is 4.95. The van der Waals surface area contributed by atoms with Crippen LogP contribution < -0.4 is 0 Å². The molecule has 0 aromatic rings. The topological polar surface area (TPSA) is 15.6 Å². The minimum Gasteiger partial charge on any atom is -0.335 e. The minimum atomic E-state index is -0.143. The van der Waals surface area contributed by atoms with E-state index < -0.39 is 0 Å². The van der Waals surface area contributed by atoms with Crippen molar-refractivity contribution in [3.05, 3.63) is 0 Å². The lowest BCUT2D eigenvalue weighted by Crippen LogP contribution is -2.49. The highest BCUT2D eigenvalue weighted by molar-refractivity contribution is 9.26. The molecule has 5 heteroatoms. The number of fused-ring (bicyclic) bond motifs is 1. The summed E-state index contributed by atoms with van der Waals surface area (Å²) in [5, 5.41) is 0. The number of hydrogen-bond donors (Lipinski definition) is 0. The molecular weight excluding hydrogens is 376 g/mol. The Morgan fingerprint density at radius 3 is 2.93 bits per heavy atom. The Morgan fingerprint density at radius 2 is 2.14 bits per heavy atom. The SMILES string of the molecule is Br[C@@H]1CCCC2=NCCCN2C1(Br)Br. The average molecular weight is 389 g/mol. The highest BCUT2D eigenvalue weighted by Gasteiger charge is 2.42. The van der Waals surface area contributed by atoms with Crippen molar-refractivity contribution in [3.63, 3.8) is 0 Å². The molecule has 2 aliphatic heterocycles. The van der Waals surface area contributed by atoms with Crippen LogP contribution in [0.3, 0.4) is 0 Å². The fourth-order valence-corrected chi connectivity index (χ4v) is 3.76. The zero-order chi connectivity index (χ0) is 10.2. The lowest BCUT2D eigenvalue weighted by molar-refractivity contribution is 0.356. The number of halogens is 3. The van der Waals surface area contributed by atoms with Gasteiger partial charge in [0.05, 0.1) is 4.83 Å². The molecule has 1 saturated heterocycles. The van der Waals surface area contributed by atoms with Crippen LogP contribution in [-0.4, -0.2) is 32.0 Å². The first-order chi connectivity index (χ1) is 6.62. The standard InChI is InChI=1S/C9H13Br3N2/c10-7-3-1-4-8-13-5-2-6-14(8)9(7,11)12/h7H,1-6H2/t7-/m1/s1. The predicted octanol–water partition coefficient (Wildman–Crippen LogP) is 3.48. The highest BCUT2D eigenvalue weighted by Crippen LogP contribution is 2.44. The molecule has 0 unspecified atom stereocenters. The summed E-state index contributed by atoms with van der Waals surface area (Å²) in [6.07, 6.45) is 4.65. The van der Waals surface area contributed by atoms with Gasteiger partial charge in [-0.05, 0) is 51.1 Å². The largest absolute Gasteiger partial charge is 0.335 e. The normalized spacial score (nSPS) is 31.8. The molecule has 0 aliphatic carbocycles. The summed E-state index contributed by atoms with van der Waals surface area (Å²) in [4.78, 5) is 7.38. The molecule has 0 saturated carbocycles. The van der Waals surface area contributed by atoms with E-state index in [1.54, 1.807) is 0 Å². The van der Waals surface area contributed by atoms with Crippen LogP contribution in [0.15, 0.2) is 4.99 Å². The van der Waals surface area contributed by atoms with Gasteiger partial charge in [-0.3, -0.25) is 4.99 Å². The lowest BCUT2D eigenvalue weighted by Gasteiger charge is -2.40. The van der Waals surface area contributed by atoms with Gasteiger partial charge in [0.2, 0.25) is 0 Å². The first kappa shape index (κ1) is 11.4. The summed E-state index contributed by atoms with van der Waals surface area (Å²) >= 11 is 11.3. The van der Waals surface area contributed by atoms with Crippen molar-refractivity contribution in [1.82, 2.24) is 4.90 Å². The molecule has 0 bridgehead atoms. The van der Waals surface area contributed by atoms with Crippen molar-refractivity contribution in [1.29, 1.82) is 0 Å². The molecule has 0 radical (unpaired) electrons. The highest BCUT2D eigenvalue weighted by atomic mass is 79.9. The molecule has 2 heterocycles. The molecule has 14 heavy (non-hydrogen) atoms.